The van der Waals surface area contributed by atoms with E-state index in [1.54, 1.807) is 24.3 Å². The van der Waals surface area contributed by atoms with Gasteiger partial charge in [-0.2, -0.15) is 0 Å². The number of benzene rings is 2. The van der Waals surface area contributed by atoms with Crippen molar-refractivity contribution in [1.29, 1.82) is 0 Å². The third-order valence-corrected chi connectivity index (χ3v) is 7.41. The van der Waals surface area contributed by atoms with E-state index in [0.29, 0.717) is 16.3 Å². The summed E-state index contributed by atoms with van der Waals surface area (Å²) in [6.07, 6.45) is 0. The van der Waals surface area contributed by atoms with Crippen molar-refractivity contribution >= 4 is 27.4 Å². The maximum atomic E-state index is 13.0. The monoisotopic (exact) mass is 396 g/mol. The molecule has 0 aromatic heterocycles. The van der Waals surface area contributed by atoms with Crippen LogP contribution < -0.4 is 4.74 Å². The number of aliphatic hydroxyl groups is 1. The van der Waals surface area contributed by atoms with Gasteiger partial charge >= 0.3 is 5.97 Å². The van der Waals surface area contributed by atoms with Gasteiger partial charge in [0.25, 0.3) is 0 Å². The number of halogens is 1. The summed E-state index contributed by atoms with van der Waals surface area (Å²) in [4.78, 5) is 11.9. The highest BCUT2D eigenvalue weighted by Crippen LogP contribution is 2.64. The van der Waals surface area contributed by atoms with Gasteiger partial charge in [-0.3, -0.25) is 4.79 Å². The van der Waals surface area contributed by atoms with E-state index in [-0.39, 0.29) is 4.90 Å². The Hall–Kier alpha value is -2.09. The molecule has 138 valence electrons. The number of aliphatic carboxylic acids is 1. The molecule has 0 unspecified atom stereocenters. The molecular formula is C18H17ClO6S. The van der Waals surface area contributed by atoms with Gasteiger partial charge < -0.3 is 14.9 Å². The third-order valence-electron chi connectivity index (χ3n) is 4.87. The van der Waals surface area contributed by atoms with Crippen LogP contribution in [0, 0.1) is 5.41 Å². The summed E-state index contributed by atoms with van der Waals surface area (Å²) >= 11 is 5.80. The van der Waals surface area contributed by atoms with E-state index >= 15 is 0 Å². The first-order valence-electron chi connectivity index (χ1n) is 7.76. The highest BCUT2D eigenvalue weighted by atomic mass is 35.5. The molecule has 2 aromatic carbocycles. The molecule has 0 spiro atoms. The van der Waals surface area contributed by atoms with E-state index in [0.717, 1.165) is 0 Å². The van der Waals surface area contributed by atoms with Crippen LogP contribution in [-0.4, -0.2) is 43.6 Å². The first-order valence-corrected chi connectivity index (χ1v) is 9.69. The van der Waals surface area contributed by atoms with Crippen molar-refractivity contribution < 1.29 is 28.2 Å². The SMILES string of the molecule is COc1ccc([C@@H]2[C@H](S(=O)(=O)c3ccc(Cl)cc3)[C@@]2(CO)C(=O)O)cc1. The van der Waals surface area contributed by atoms with E-state index in [1.165, 1.54) is 31.4 Å². The average molecular weight is 397 g/mol. The van der Waals surface area contributed by atoms with Crippen LogP contribution in [-0.2, 0) is 14.6 Å². The van der Waals surface area contributed by atoms with Crippen LogP contribution in [0.15, 0.2) is 53.4 Å². The molecule has 1 aliphatic carbocycles. The van der Waals surface area contributed by atoms with Crippen LogP contribution in [0.2, 0.25) is 5.02 Å². The van der Waals surface area contributed by atoms with Crippen molar-refractivity contribution in [3.8, 4) is 5.75 Å². The summed E-state index contributed by atoms with van der Waals surface area (Å²) in [5.74, 6) is -1.64. The zero-order valence-electron chi connectivity index (χ0n) is 13.8. The van der Waals surface area contributed by atoms with Gasteiger partial charge in [-0.25, -0.2) is 8.42 Å². The minimum atomic E-state index is -3.99. The maximum Gasteiger partial charge on any atom is 0.314 e. The fourth-order valence-corrected chi connectivity index (χ4v) is 5.92. The zero-order valence-corrected chi connectivity index (χ0v) is 15.4. The summed E-state index contributed by atoms with van der Waals surface area (Å²) in [6, 6.07) is 12.0. The van der Waals surface area contributed by atoms with Crippen molar-refractivity contribution in [2.45, 2.75) is 16.1 Å². The van der Waals surface area contributed by atoms with Crippen molar-refractivity contribution in [3.63, 3.8) is 0 Å². The summed E-state index contributed by atoms with van der Waals surface area (Å²) < 4.78 is 31.2. The van der Waals surface area contributed by atoms with Crippen LogP contribution in [0.25, 0.3) is 0 Å². The molecule has 3 atom stereocenters. The smallest absolute Gasteiger partial charge is 0.314 e. The predicted octanol–water partition coefficient (Wildman–Crippen LogP) is 2.35. The minimum Gasteiger partial charge on any atom is -0.497 e. The van der Waals surface area contributed by atoms with E-state index in [9.17, 15) is 23.4 Å². The first kappa shape index (κ1) is 18.7. The van der Waals surface area contributed by atoms with Gasteiger partial charge in [0.05, 0.1) is 23.9 Å². The lowest BCUT2D eigenvalue weighted by Gasteiger charge is -2.09. The Kier molecular flexibility index (Phi) is 4.72. The topological polar surface area (TPSA) is 101 Å². The number of carbonyl (C=O) groups is 1. The van der Waals surface area contributed by atoms with Crippen LogP contribution in [0.3, 0.4) is 0 Å². The number of hydrogen-bond acceptors (Lipinski definition) is 5. The number of sulfone groups is 1. The van der Waals surface area contributed by atoms with Gasteiger partial charge in [-0.1, -0.05) is 23.7 Å². The molecular weight excluding hydrogens is 380 g/mol. The van der Waals surface area contributed by atoms with Crippen molar-refractivity contribution in [2.24, 2.45) is 5.41 Å². The third kappa shape index (κ3) is 2.76. The van der Waals surface area contributed by atoms with Crippen LogP contribution in [0.4, 0.5) is 0 Å². The van der Waals surface area contributed by atoms with E-state index in [1.807, 2.05) is 0 Å². The Morgan fingerprint density at radius 1 is 1.15 bits per heavy atom. The van der Waals surface area contributed by atoms with Crippen LogP contribution >= 0.6 is 11.6 Å². The normalized spacial score (nSPS) is 24.9. The molecule has 1 saturated carbocycles. The fourth-order valence-electron chi connectivity index (χ4n) is 3.43. The van der Waals surface area contributed by atoms with Gasteiger partial charge in [0.2, 0.25) is 0 Å². The molecule has 2 aromatic rings. The maximum absolute atomic E-state index is 13.0. The molecule has 2 N–H and O–H groups in total. The molecule has 6 nitrogen and oxygen atoms in total. The summed E-state index contributed by atoms with van der Waals surface area (Å²) in [7, 11) is -2.50. The van der Waals surface area contributed by atoms with E-state index < -0.39 is 39.0 Å². The molecule has 26 heavy (non-hydrogen) atoms. The molecule has 8 heteroatoms. The lowest BCUT2D eigenvalue weighted by atomic mass is 10.00. The molecule has 0 bridgehead atoms. The summed E-state index contributed by atoms with van der Waals surface area (Å²) in [6.45, 7) is -0.781. The Bertz CT molecular complexity index is 923. The number of methoxy groups -OCH3 is 1. The molecule has 0 radical (unpaired) electrons. The van der Waals surface area contributed by atoms with Crippen LogP contribution in [0.5, 0.6) is 5.75 Å². The first-order chi connectivity index (χ1) is 12.3. The summed E-state index contributed by atoms with van der Waals surface area (Å²) in [5, 5.41) is 18.6. The Balaban J connectivity index is 2.08. The number of ether oxygens (including phenoxy) is 1. The number of carboxylic acid groups (broad SMARTS) is 1. The van der Waals surface area contributed by atoms with Crippen LogP contribution in [0.1, 0.15) is 11.5 Å². The highest BCUT2D eigenvalue weighted by Gasteiger charge is 2.75. The van der Waals surface area contributed by atoms with Gasteiger partial charge in [-0.15, -0.1) is 0 Å². The second-order valence-electron chi connectivity index (χ2n) is 6.17. The average Bonchev–Trinajstić information content (AvgIpc) is 3.34. The van der Waals surface area contributed by atoms with Gasteiger partial charge in [0, 0.05) is 10.9 Å². The highest BCUT2D eigenvalue weighted by molar-refractivity contribution is 7.92. The largest absolute Gasteiger partial charge is 0.497 e. The van der Waals surface area contributed by atoms with Gasteiger partial charge in [0.1, 0.15) is 11.2 Å². The van der Waals surface area contributed by atoms with Gasteiger partial charge in [-0.05, 0) is 42.0 Å². The predicted molar refractivity (Wildman–Crippen MR) is 95.3 cm³/mol. The molecule has 0 aliphatic heterocycles. The second-order valence-corrected chi connectivity index (χ2v) is 8.68. The molecule has 1 fully saturated rings. The Morgan fingerprint density at radius 2 is 1.73 bits per heavy atom. The quantitative estimate of drug-likeness (QED) is 0.777. The molecule has 0 heterocycles. The molecule has 3 rings (SSSR count). The fraction of sp³-hybridized carbons (Fsp3) is 0.278. The van der Waals surface area contributed by atoms with E-state index in [4.69, 9.17) is 16.3 Å². The second kappa shape index (κ2) is 6.57. The van der Waals surface area contributed by atoms with Crippen molar-refractivity contribution in [3.05, 3.63) is 59.1 Å². The Morgan fingerprint density at radius 3 is 2.19 bits per heavy atom. The molecule has 0 saturated heterocycles. The zero-order chi connectivity index (χ0) is 19.1. The standard InChI is InChI=1S/C18H17ClO6S/c1-25-13-6-2-11(3-7-13)15-16(18(15,10-20)17(21)22)26(23,24)14-8-4-12(19)5-9-14/h2-9,15-16,20H,10H2,1H3,(H,21,22)/t15-,16+,18+/m1/s1. The number of hydrogen-bond donors (Lipinski definition) is 2. The minimum absolute atomic E-state index is 0.0259. The van der Waals surface area contributed by atoms with E-state index in [2.05, 4.69) is 0 Å². The molecule has 0 amide bonds. The van der Waals surface area contributed by atoms with Crippen molar-refractivity contribution in [1.82, 2.24) is 0 Å². The number of aliphatic hydroxyl groups excluding tert-OH is 1. The lowest BCUT2D eigenvalue weighted by Crippen LogP contribution is -2.27. The van der Waals surface area contributed by atoms with Gasteiger partial charge in [0.15, 0.2) is 9.84 Å². The number of rotatable bonds is 6. The Labute approximate surface area is 155 Å². The molecule has 1 aliphatic rings. The number of carboxylic acids is 1. The van der Waals surface area contributed by atoms with Crippen molar-refractivity contribution in [2.75, 3.05) is 13.7 Å². The lowest BCUT2D eigenvalue weighted by molar-refractivity contribution is -0.145. The summed E-state index contributed by atoms with van der Waals surface area (Å²) in [5.41, 5.74) is -1.27.